The zero-order valence-electron chi connectivity index (χ0n) is 15.2. The van der Waals surface area contributed by atoms with Crippen LogP contribution in [0.25, 0.3) is 0 Å². The van der Waals surface area contributed by atoms with E-state index >= 15 is 0 Å². The molecule has 2 N–H and O–H groups in total. The van der Waals surface area contributed by atoms with E-state index in [1.54, 1.807) is 49.4 Å². The predicted molar refractivity (Wildman–Crippen MR) is 101 cm³/mol. The van der Waals surface area contributed by atoms with Crippen LogP contribution in [0.15, 0.2) is 53.4 Å². The molecular formula is C20H23FN2O3S. The Balaban J connectivity index is 1.57. The van der Waals surface area contributed by atoms with E-state index in [2.05, 4.69) is 10.0 Å². The van der Waals surface area contributed by atoms with Gasteiger partial charge in [-0.3, -0.25) is 4.79 Å². The molecule has 0 saturated heterocycles. The van der Waals surface area contributed by atoms with Gasteiger partial charge in [0.25, 0.3) is 0 Å². The second-order valence-corrected chi connectivity index (χ2v) is 8.48. The van der Waals surface area contributed by atoms with Gasteiger partial charge >= 0.3 is 0 Å². The number of nitrogens with one attached hydrogen (secondary N) is 2. The third-order valence-corrected chi connectivity index (χ3v) is 6.40. The van der Waals surface area contributed by atoms with Gasteiger partial charge in [0.15, 0.2) is 0 Å². The molecule has 0 unspecified atom stereocenters. The highest BCUT2D eigenvalue weighted by Crippen LogP contribution is 2.49. The molecule has 2 aromatic rings. The molecule has 5 nitrogen and oxygen atoms in total. The highest BCUT2D eigenvalue weighted by molar-refractivity contribution is 7.89. The van der Waals surface area contributed by atoms with Crippen molar-refractivity contribution in [3.05, 3.63) is 65.5 Å². The molecule has 1 aliphatic rings. The molecule has 0 heterocycles. The third kappa shape index (κ3) is 4.20. The molecule has 144 valence electrons. The molecule has 1 fully saturated rings. The lowest BCUT2D eigenvalue weighted by molar-refractivity contribution is -0.123. The molecule has 0 aromatic heterocycles. The van der Waals surface area contributed by atoms with Crippen molar-refractivity contribution in [3.8, 4) is 0 Å². The molecular weight excluding hydrogens is 367 g/mol. The predicted octanol–water partition coefficient (Wildman–Crippen LogP) is 2.51. The van der Waals surface area contributed by atoms with Crippen LogP contribution >= 0.6 is 0 Å². The molecule has 1 amide bonds. The summed E-state index contributed by atoms with van der Waals surface area (Å²) in [5.41, 5.74) is 0.636. The first-order valence-corrected chi connectivity index (χ1v) is 10.5. The molecule has 27 heavy (non-hydrogen) atoms. The number of hydrogen-bond acceptors (Lipinski definition) is 3. The van der Waals surface area contributed by atoms with Gasteiger partial charge in [0.2, 0.25) is 15.9 Å². The zero-order valence-corrected chi connectivity index (χ0v) is 16.0. The number of amides is 1. The summed E-state index contributed by atoms with van der Waals surface area (Å²) in [5.74, 6) is -0.499. The summed E-state index contributed by atoms with van der Waals surface area (Å²) >= 11 is 0. The van der Waals surface area contributed by atoms with Crippen molar-refractivity contribution in [1.29, 1.82) is 0 Å². The number of carbonyl (C=O) groups is 1. The number of rotatable bonds is 8. The fraction of sp³-hybridized carbons (Fsp3) is 0.350. The average Bonchev–Trinajstić information content (AvgIpc) is 3.44. The van der Waals surface area contributed by atoms with Gasteiger partial charge in [-0.2, -0.15) is 0 Å². The molecule has 0 aliphatic heterocycles. The zero-order chi connectivity index (χ0) is 19.5. The average molecular weight is 390 g/mol. The lowest BCUT2D eigenvalue weighted by atomic mass is 9.94. The maximum Gasteiger partial charge on any atom is 0.240 e. The van der Waals surface area contributed by atoms with Crippen LogP contribution in [0.5, 0.6) is 0 Å². The summed E-state index contributed by atoms with van der Waals surface area (Å²) in [4.78, 5) is 12.8. The minimum atomic E-state index is -3.46. The van der Waals surface area contributed by atoms with E-state index in [0.29, 0.717) is 37.9 Å². The van der Waals surface area contributed by atoms with Crippen LogP contribution in [-0.4, -0.2) is 27.4 Å². The van der Waals surface area contributed by atoms with Gasteiger partial charge in [-0.1, -0.05) is 37.3 Å². The second-order valence-electron chi connectivity index (χ2n) is 6.71. The Hall–Kier alpha value is -2.25. The maximum atomic E-state index is 14.0. The Labute approximate surface area is 159 Å². The SMILES string of the molecule is CCNS(=O)(=O)c1ccc(CCNC(=O)C2(c3ccccc3F)CC2)cc1. The number of benzene rings is 2. The van der Waals surface area contributed by atoms with E-state index in [1.165, 1.54) is 6.07 Å². The monoisotopic (exact) mass is 390 g/mol. The maximum absolute atomic E-state index is 14.0. The number of carbonyl (C=O) groups excluding carboxylic acids is 1. The van der Waals surface area contributed by atoms with Crippen molar-refractivity contribution < 1.29 is 17.6 Å². The van der Waals surface area contributed by atoms with Crippen LogP contribution in [0, 0.1) is 5.82 Å². The molecule has 0 atom stereocenters. The van der Waals surface area contributed by atoms with Crippen molar-refractivity contribution in [1.82, 2.24) is 10.0 Å². The standard InChI is InChI=1S/C20H23FN2O3S/c1-2-23-27(25,26)16-9-7-15(8-10-16)11-14-22-19(24)20(12-13-20)17-5-3-4-6-18(17)21/h3-10,23H,2,11-14H2,1H3,(H,22,24). The summed E-state index contributed by atoms with van der Waals surface area (Å²) in [6.45, 7) is 2.47. The summed E-state index contributed by atoms with van der Waals surface area (Å²) in [5, 5.41) is 2.89. The van der Waals surface area contributed by atoms with Crippen LogP contribution < -0.4 is 10.0 Å². The molecule has 0 spiro atoms. The van der Waals surface area contributed by atoms with Crippen LogP contribution in [0.4, 0.5) is 4.39 Å². The Kier molecular flexibility index (Phi) is 5.62. The molecule has 7 heteroatoms. The first-order valence-electron chi connectivity index (χ1n) is 9.01. The van der Waals surface area contributed by atoms with E-state index < -0.39 is 15.4 Å². The van der Waals surface area contributed by atoms with Crippen LogP contribution in [0.3, 0.4) is 0 Å². The van der Waals surface area contributed by atoms with Crippen molar-refractivity contribution in [3.63, 3.8) is 0 Å². The van der Waals surface area contributed by atoms with Gasteiger partial charge in [-0.25, -0.2) is 17.5 Å². The molecule has 1 saturated carbocycles. The third-order valence-electron chi connectivity index (χ3n) is 4.84. The van der Waals surface area contributed by atoms with E-state index in [0.717, 1.165) is 5.56 Å². The highest BCUT2D eigenvalue weighted by atomic mass is 32.2. The fourth-order valence-electron chi connectivity index (χ4n) is 3.19. The van der Waals surface area contributed by atoms with Gasteiger partial charge < -0.3 is 5.32 Å². The van der Waals surface area contributed by atoms with E-state index in [1.807, 2.05) is 0 Å². The van der Waals surface area contributed by atoms with Gasteiger partial charge in [0, 0.05) is 18.7 Å². The smallest absolute Gasteiger partial charge is 0.240 e. The molecule has 0 bridgehead atoms. The molecule has 2 aromatic carbocycles. The first-order chi connectivity index (χ1) is 12.9. The van der Waals surface area contributed by atoms with Gasteiger partial charge in [-0.05, 0) is 43.0 Å². The Morgan fingerprint density at radius 3 is 2.37 bits per heavy atom. The van der Waals surface area contributed by atoms with Crippen molar-refractivity contribution in [2.45, 2.75) is 36.5 Å². The Morgan fingerprint density at radius 2 is 1.78 bits per heavy atom. The molecule has 0 radical (unpaired) electrons. The Morgan fingerprint density at radius 1 is 1.11 bits per heavy atom. The summed E-state index contributed by atoms with van der Waals surface area (Å²) in [6, 6.07) is 13.0. The second kappa shape index (κ2) is 7.78. The molecule has 1 aliphatic carbocycles. The largest absolute Gasteiger partial charge is 0.355 e. The first kappa shape index (κ1) is 19.5. The van der Waals surface area contributed by atoms with Crippen molar-refractivity contribution in [2.24, 2.45) is 0 Å². The summed E-state index contributed by atoms with van der Waals surface area (Å²) < 4.78 is 40.3. The topological polar surface area (TPSA) is 75.3 Å². The van der Waals surface area contributed by atoms with E-state index in [9.17, 15) is 17.6 Å². The van der Waals surface area contributed by atoms with Crippen LogP contribution in [-0.2, 0) is 26.7 Å². The van der Waals surface area contributed by atoms with Gasteiger partial charge in [0.05, 0.1) is 10.3 Å². The summed E-state index contributed by atoms with van der Waals surface area (Å²) in [7, 11) is -3.46. The normalized spacial score (nSPS) is 15.3. The highest BCUT2D eigenvalue weighted by Gasteiger charge is 2.52. The Bertz CT molecular complexity index is 922. The fourth-order valence-corrected chi connectivity index (χ4v) is 4.23. The van der Waals surface area contributed by atoms with E-state index in [-0.39, 0.29) is 16.6 Å². The quantitative estimate of drug-likeness (QED) is 0.727. The summed E-state index contributed by atoms with van der Waals surface area (Å²) in [6.07, 6.45) is 1.87. The van der Waals surface area contributed by atoms with Crippen LogP contribution in [0.2, 0.25) is 0 Å². The lowest BCUT2D eigenvalue weighted by Gasteiger charge is -2.16. The van der Waals surface area contributed by atoms with Crippen LogP contribution in [0.1, 0.15) is 30.9 Å². The molecule has 3 rings (SSSR count). The van der Waals surface area contributed by atoms with Gasteiger partial charge in [0.1, 0.15) is 5.82 Å². The van der Waals surface area contributed by atoms with E-state index in [4.69, 9.17) is 0 Å². The number of hydrogen-bond donors (Lipinski definition) is 2. The van der Waals surface area contributed by atoms with Gasteiger partial charge in [-0.15, -0.1) is 0 Å². The lowest BCUT2D eigenvalue weighted by Crippen LogP contribution is -2.36. The number of sulfonamides is 1. The minimum Gasteiger partial charge on any atom is -0.355 e. The van der Waals surface area contributed by atoms with Crippen molar-refractivity contribution in [2.75, 3.05) is 13.1 Å². The van der Waals surface area contributed by atoms with Crippen molar-refractivity contribution >= 4 is 15.9 Å². The number of halogens is 1. The minimum absolute atomic E-state index is 0.154.